The summed E-state index contributed by atoms with van der Waals surface area (Å²) in [6.07, 6.45) is 3.33. The molecule has 7 nitrogen and oxygen atoms in total. The first-order valence-electron chi connectivity index (χ1n) is 7.77. The summed E-state index contributed by atoms with van der Waals surface area (Å²) in [6.45, 7) is 3.78. The second-order valence-electron chi connectivity index (χ2n) is 5.71. The lowest BCUT2D eigenvalue weighted by Gasteiger charge is -2.29. The van der Waals surface area contributed by atoms with E-state index in [9.17, 15) is 14.4 Å². The van der Waals surface area contributed by atoms with Crippen LogP contribution < -0.4 is 0 Å². The highest BCUT2D eigenvalue weighted by atomic mass is 32.2. The first-order chi connectivity index (χ1) is 11.3. The van der Waals surface area contributed by atoms with E-state index in [4.69, 9.17) is 4.74 Å². The Kier molecular flexibility index (Phi) is 5.58. The summed E-state index contributed by atoms with van der Waals surface area (Å²) in [5.41, 5.74) is 0.927. The van der Waals surface area contributed by atoms with E-state index >= 15 is 0 Å². The van der Waals surface area contributed by atoms with Gasteiger partial charge in [-0.2, -0.15) is 9.48 Å². The first kappa shape index (κ1) is 18.4. The summed E-state index contributed by atoms with van der Waals surface area (Å²) in [6, 6.07) is -0.410. The summed E-state index contributed by atoms with van der Waals surface area (Å²) in [5, 5.41) is -0.453. The third-order valence-electron chi connectivity index (χ3n) is 4.04. The molecule has 3 amide bonds. The number of thioether (sulfide) groups is 1. The fourth-order valence-electron chi connectivity index (χ4n) is 2.70. The molecule has 2 rings (SSSR count). The molecule has 0 aromatic carbocycles. The number of dihydropyridines is 1. The number of urea groups is 1. The molecule has 8 heteroatoms. The monoisotopic (exact) mass is 352 g/mol. The van der Waals surface area contributed by atoms with Crippen molar-refractivity contribution >= 4 is 41.7 Å². The van der Waals surface area contributed by atoms with Gasteiger partial charge in [0.2, 0.25) is 0 Å². The zero-order valence-corrected chi connectivity index (χ0v) is 15.3. The number of methoxy groups -OCH3 is 1. The zero-order chi connectivity index (χ0) is 18.0. The molecule has 0 bridgehead atoms. The maximum atomic E-state index is 12.7. The number of hydrogen-bond acceptors (Lipinski definition) is 6. The Bertz CT molecular complexity index is 681. The quantitative estimate of drug-likeness (QED) is 0.555. The number of esters is 1. The number of imide groups is 1. The van der Waals surface area contributed by atoms with Gasteiger partial charge in [-0.1, -0.05) is 13.3 Å². The standard InChI is InChI=1S/C16H22N3O4S/c1-6-7-10-8-17-13-11(12(10)24-9(2)15(21)23-5)14(20)19(4)16(22)18(13)3/h8-9,11H,6-7H2,1-5H3/q+1. The van der Waals surface area contributed by atoms with Gasteiger partial charge in [-0.05, 0) is 18.9 Å². The van der Waals surface area contributed by atoms with Crippen LogP contribution >= 0.6 is 11.8 Å². The number of ether oxygens (including phenoxy) is 1. The maximum absolute atomic E-state index is 12.7. The number of hydrogen-bond donors (Lipinski definition) is 0. The van der Waals surface area contributed by atoms with E-state index < -0.39 is 17.2 Å². The Morgan fingerprint density at radius 2 is 2.17 bits per heavy atom. The molecule has 24 heavy (non-hydrogen) atoms. The van der Waals surface area contributed by atoms with Crippen LogP contribution in [0.1, 0.15) is 26.7 Å². The van der Waals surface area contributed by atoms with Gasteiger partial charge in [0.15, 0.2) is 5.92 Å². The molecule has 0 aromatic heterocycles. The molecule has 0 aliphatic carbocycles. The number of fused-ring (bicyclic) bond motifs is 1. The van der Waals surface area contributed by atoms with Crippen molar-refractivity contribution in [2.45, 2.75) is 31.9 Å². The summed E-state index contributed by atoms with van der Waals surface area (Å²) in [7, 11) is 4.40. The van der Waals surface area contributed by atoms with Gasteiger partial charge in [0.25, 0.3) is 5.84 Å². The average Bonchev–Trinajstić information content (AvgIpc) is 2.58. The second-order valence-corrected chi connectivity index (χ2v) is 7.09. The summed E-state index contributed by atoms with van der Waals surface area (Å²) < 4.78 is 6.17. The number of nitrogens with zero attached hydrogens (tertiary/aromatic N) is 3. The highest BCUT2D eigenvalue weighted by Crippen LogP contribution is 2.38. The fraction of sp³-hybridized carbons (Fsp3) is 0.562. The molecule has 0 saturated heterocycles. The van der Waals surface area contributed by atoms with Gasteiger partial charge in [-0.3, -0.25) is 9.59 Å². The molecule has 0 saturated carbocycles. The van der Waals surface area contributed by atoms with Crippen molar-refractivity contribution in [3.63, 3.8) is 0 Å². The molecule has 0 fully saturated rings. The van der Waals surface area contributed by atoms with Gasteiger partial charge in [-0.15, -0.1) is 16.8 Å². The Labute approximate surface area is 145 Å². The van der Waals surface area contributed by atoms with E-state index in [0.717, 1.165) is 28.2 Å². The molecular weight excluding hydrogens is 330 g/mol. The van der Waals surface area contributed by atoms with Crippen LogP contribution in [0.25, 0.3) is 0 Å². The zero-order valence-electron chi connectivity index (χ0n) is 14.5. The van der Waals surface area contributed by atoms with Crippen LogP contribution in [0.5, 0.6) is 0 Å². The van der Waals surface area contributed by atoms with E-state index in [2.05, 4.69) is 4.99 Å². The number of allylic oxidation sites excluding steroid dienone is 1. The topological polar surface area (TPSA) is 79.1 Å². The van der Waals surface area contributed by atoms with E-state index in [1.807, 2.05) is 6.92 Å². The maximum Gasteiger partial charge on any atom is 0.445 e. The fourth-order valence-corrected chi connectivity index (χ4v) is 3.93. The van der Waals surface area contributed by atoms with Crippen molar-refractivity contribution in [3.8, 4) is 0 Å². The van der Waals surface area contributed by atoms with Crippen molar-refractivity contribution in [2.24, 2.45) is 10.9 Å². The molecule has 2 aliphatic rings. The van der Waals surface area contributed by atoms with Crippen LogP contribution in [-0.4, -0.2) is 65.9 Å². The van der Waals surface area contributed by atoms with Gasteiger partial charge in [0.05, 0.1) is 21.2 Å². The minimum atomic E-state index is -0.652. The Hall–Kier alpha value is -1.96. The Morgan fingerprint density at radius 3 is 2.75 bits per heavy atom. The van der Waals surface area contributed by atoms with E-state index in [1.165, 1.54) is 30.5 Å². The first-order valence-corrected chi connectivity index (χ1v) is 8.65. The lowest BCUT2D eigenvalue weighted by atomic mass is 9.96. The van der Waals surface area contributed by atoms with Crippen LogP contribution in [-0.2, 0) is 14.3 Å². The summed E-state index contributed by atoms with van der Waals surface area (Å²) in [5.74, 6) is -0.921. The molecule has 2 atom stereocenters. The molecule has 2 heterocycles. The minimum Gasteiger partial charge on any atom is -0.468 e. The van der Waals surface area contributed by atoms with Gasteiger partial charge < -0.3 is 4.74 Å². The molecule has 2 aliphatic heterocycles. The average molecular weight is 352 g/mol. The number of carbonyl (C=O) groups is 3. The predicted octanol–water partition coefficient (Wildman–Crippen LogP) is 1.67. The molecule has 0 N–H and O–H groups in total. The number of carbonyl (C=O) groups excluding carboxylic acids is 3. The van der Waals surface area contributed by atoms with E-state index in [1.54, 1.807) is 20.2 Å². The highest BCUT2D eigenvalue weighted by molar-refractivity contribution is 8.04. The van der Waals surface area contributed by atoms with Gasteiger partial charge >= 0.3 is 17.9 Å². The number of amidine groups is 1. The van der Waals surface area contributed by atoms with Crippen LogP contribution in [0, 0.1) is 5.92 Å². The third kappa shape index (κ3) is 3.15. The van der Waals surface area contributed by atoms with Crippen LogP contribution in [0.3, 0.4) is 0 Å². The smallest absolute Gasteiger partial charge is 0.445 e. The highest BCUT2D eigenvalue weighted by Gasteiger charge is 2.48. The van der Waals surface area contributed by atoms with Crippen molar-refractivity contribution in [2.75, 3.05) is 21.2 Å². The predicted molar refractivity (Wildman–Crippen MR) is 92.3 cm³/mol. The third-order valence-corrected chi connectivity index (χ3v) is 5.34. The van der Waals surface area contributed by atoms with Crippen LogP contribution in [0.4, 0.5) is 4.79 Å². The number of rotatable bonds is 5. The van der Waals surface area contributed by atoms with Gasteiger partial charge in [0, 0.05) is 4.91 Å². The SMILES string of the molecule is CCCC1=C(SC(C)C(=O)OC)C2C(=O)N(C)C(=O)[N+](C)=C2N=C1. The summed E-state index contributed by atoms with van der Waals surface area (Å²) in [4.78, 5) is 42.9. The Morgan fingerprint density at radius 1 is 1.50 bits per heavy atom. The van der Waals surface area contributed by atoms with Crippen LogP contribution in [0.15, 0.2) is 15.5 Å². The molecule has 0 spiro atoms. The normalized spacial score (nSPS) is 22.0. The lowest BCUT2D eigenvalue weighted by molar-refractivity contribution is -0.407. The number of amides is 3. The number of aliphatic imine (C=N–C) groups is 1. The molecule has 130 valence electrons. The Balaban J connectivity index is 2.51. The molecule has 0 aromatic rings. The van der Waals surface area contributed by atoms with Gasteiger partial charge in [0.1, 0.15) is 11.5 Å². The largest absolute Gasteiger partial charge is 0.468 e. The molecule has 0 radical (unpaired) electrons. The molecular formula is C16H22N3O4S+. The second kappa shape index (κ2) is 7.29. The summed E-state index contributed by atoms with van der Waals surface area (Å²) >= 11 is 1.30. The van der Waals surface area contributed by atoms with Crippen molar-refractivity contribution in [3.05, 3.63) is 10.5 Å². The van der Waals surface area contributed by atoms with Gasteiger partial charge in [-0.25, -0.2) is 4.79 Å². The molecule has 2 unspecified atom stereocenters. The van der Waals surface area contributed by atoms with Crippen LogP contribution in [0.2, 0.25) is 0 Å². The lowest BCUT2D eigenvalue weighted by Crippen LogP contribution is -2.53. The van der Waals surface area contributed by atoms with Crippen molar-refractivity contribution in [1.29, 1.82) is 0 Å². The minimum absolute atomic E-state index is 0.321. The van der Waals surface area contributed by atoms with E-state index in [0.29, 0.717) is 5.84 Å². The van der Waals surface area contributed by atoms with Crippen molar-refractivity contribution in [1.82, 2.24) is 4.90 Å². The van der Waals surface area contributed by atoms with Crippen molar-refractivity contribution < 1.29 is 23.7 Å². The van der Waals surface area contributed by atoms with E-state index in [-0.39, 0.29) is 11.9 Å².